The minimum Gasteiger partial charge on any atom is -0.489 e. The number of ether oxygens (including phenoxy) is 1. The first-order valence-electron chi connectivity index (χ1n) is 6.38. The van der Waals surface area contributed by atoms with Crippen LogP contribution in [0.2, 0.25) is 0 Å². The zero-order valence-electron chi connectivity index (χ0n) is 11.5. The van der Waals surface area contributed by atoms with Gasteiger partial charge in [-0.05, 0) is 18.2 Å². The predicted octanol–water partition coefficient (Wildman–Crippen LogP) is 2.92. The lowest BCUT2D eigenvalue weighted by Gasteiger charge is -2.10. The molecule has 2 N–H and O–H groups in total. The molecule has 0 aromatic heterocycles. The van der Waals surface area contributed by atoms with Crippen molar-refractivity contribution in [1.82, 2.24) is 0 Å². The molecule has 21 heavy (non-hydrogen) atoms. The first-order valence-corrected chi connectivity index (χ1v) is 6.38. The summed E-state index contributed by atoms with van der Waals surface area (Å²) in [5.41, 5.74) is 1.44. The molecule has 0 saturated carbocycles. The SMILES string of the molecule is CC(=O)Nc1cccc(OCc2ccccc2C(=O)O)c1. The third-order valence-corrected chi connectivity index (χ3v) is 2.80. The highest BCUT2D eigenvalue weighted by atomic mass is 16.5. The van der Waals surface area contributed by atoms with E-state index >= 15 is 0 Å². The Kier molecular flexibility index (Phi) is 4.56. The van der Waals surface area contributed by atoms with Crippen LogP contribution in [0.25, 0.3) is 0 Å². The van der Waals surface area contributed by atoms with Crippen LogP contribution >= 0.6 is 0 Å². The Labute approximate surface area is 122 Å². The molecule has 108 valence electrons. The Hall–Kier alpha value is -2.82. The fourth-order valence-electron chi connectivity index (χ4n) is 1.88. The monoisotopic (exact) mass is 285 g/mol. The van der Waals surface area contributed by atoms with E-state index in [0.29, 0.717) is 17.0 Å². The van der Waals surface area contributed by atoms with Gasteiger partial charge in [0.15, 0.2) is 0 Å². The summed E-state index contributed by atoms with van der Waals surface area (Å²) in [4.78, 5) is 22.1. The van der Waals surface area contributed by atoms with Crippen molar-refractivity contribution in [3.8, 4) is 5.75 Å². The van der Waals surface area contributed by atoms with E-state index in [1.165, 1.54) is 13.0 Å². The largest absolute Gasteiger partial charge is 0.489 e. The van der Waals surface area contributed by atoms with Gasteiger partial charge in [-0.15, -0.1) is 0 Å². The summed E-state index contributed by atoms with van der Waals surface area (Å²) in [5.74, 6) is -0.592. The molecule has 0 unspecified atom stereocenters. The molecule has 0 radical (unpaired) electrons. The van der Waals surface area contributed by atoms with Crippen molar-refractivity contribution in [2.75, 3.05) is 5.32 Å². The van der Waals surface area contributed by atoms with Crippen molar-refractivity contribution in [3.63, 3.8) is 0 Å². The molecule has 5 nitrogen and oxygen atoms in total. The van der Waals surface area contributed by atoms with Crippen LogP contribution < -0.4 is 10.1 Å². The maximum absolute atomic E-state index is 11.1. The van der Waals surface area contributed by atoms with Gasteiger partial charge in [0.1, 0.15) is 12.4 Å². The molecule has 0 aliphatic rings. The lowest BCUT2D eigenvalue weighted by atomic mass is 10.1. The van der Waals surface area contributed by atoms with Gasteiger partial charge < -0.3 is 15.2 Å². The average Bonchev–Trinajstić information content (AvgIpc) is 2.45. The first-order chi connectivity index (χ1) is 10.1. The van der Waals surface area contributed by atoms with E-state index in [2.05, 4.69) is 5.32 Å². The highest BCUT2D eigenvalue weighted by Crippen LogP contribution is 2.19. The molecule has 0 fully saturated rings. The van der Waals surface area contributed by atoms with Gasteiger partial charge in [0.25, 0.3) is 0 Å². The summed E-state index contributed by atoms with van der Waals surface area (Å²) in [6, 6.07) is 13.6. The number of carboxylic acids is 1. The van der Waals surface area contributed by atoms with Crippen LogP contribution in [-0.2, 0) is 11.4 Å². The van der Waals surface area contributed by atoms with Gasteiger partial charge in [0.2, 0.25) is 5.91 Å². The third-order valence-electron chi connectivity index (χ3n) is 2.80. The highest BCUT2D eigenvalue weighted by Gasteiger charge is 2.09. The minimum absolute atomic E-state index is 0.145. The molecular formula is C16H15NO4. The predicted molar refractivity (Wildman–Crippen MR) is 78.5 cm³/mol. The Morgan fingerprint density at radius 2 is 1.90 bits per heavy atom. The van der Waals surface area contributed by atoms with Crippen LogP contribution in [0.3, 0.4) is 0 Å². The topological polar surface area (TPSA) is 75.6 Å². The zero-order chi connectivity index (χ0) is 15.2. The number of carbonyl (C=O) groups is 2. The molecule has 5 heteroatoms. The normalized spacial score (nSPS) is 9.95. The van der Waals surface area contributed by atoms with Gasteiger partial charge in [0, 0.05) is 24.2 Å². The molecular weight excluding hydrogens is 270 g/mol. The number of nitrogens with one attached hydrogen (secondary N) is 1. The molecule has 2 rings (SSSR count). The van der Waals surface area contributed by atoms with Crippen LogP contribution in [0.15, 0.2) is 48.5 Å². The second kappa shape index (κ2) is 6.56. The van der Waals surface area contributed by atoms with Crippen molar-refractivity contribution < 1.29 is 19.4 Å². The Balaban J connectivity index is 2.10. The number of hydrogen-bond acceptors (Lipinski definition) is 3. The van der Waals surface area contributed by atoms with E-state index in [1.807, 2.05) is 0 Å². The van der Waals surface area contributed by atoms with Crippen LogP contribution in [0, 0.1) is 0 Å². The van der Waals surface area contributed by atoms with E-state index < -0.39 is 5.97 Å². The number of hydrogen-bond donors (Lipinski definition) is 2. The number of anilines is 1. The van der Waals surface area contributed by atoms with Crippen LogP contribution in [0.1, 0.15) is 22.8 Å². The first kappa shape index (κ1) is 14.6. The molecule has 0 spiro atoms. The van der Waals surface area contributed by atoms with Crippen LogP contribution in [0.4, 0.5) is 5.69 Å². The maximum atomic E-state index is 11.1. The summed E-state index contributed by atoms with van der Waals surface area (Å²) in [7, 11) is 0. The van der Waals surface area contributed by atoms with Gasteiger partial charge in [-0.25, -0.2) is 4.79 Å². The summed E-state index contributed by atoms with van der Waals surface area (Å²) in [6.45, 7) is 1.57. The second-order valence-corrected chi connectivity index (χ2v) is 4.46. The van der Waals surface area contributed by atoms with Crippen molar-refractivity contribution >= 4 is 17.6 Å². The zero-order valence-corrected chi connectivity index (χ0v) is 11.5. The highest BCUT2D eigenvalue weighted by molar-refractivity contribution is 5.89. The third kappa shape index (κ3) is 4.07. The summed E-state index contributed by atoms with van der Waals surface area (Å²) < 4.78 is 5.59. The average molecular weight is 285 g/mol. The van der Waals surface area contributed by atoms with Gasteiger partial charge in [-0.3, -0.25) is 4.79 Å². The number of amides is 1. The minimum atomic E-state index is -0.985. The van der Waals surface area contributed by atoms with Gasteiger partial charge in [0.05, 0.1) is 5.56 Å². The molecule has 1 amide bonds. The summed E-state index contributed by atoms with van der Waals surface area (Å²) >= 11 is 0. The molecule has 0 bridgehead atoms. The number of rotatable bonds is 5. The lowest BCUT2D eigenvalue weighted by molar-refractivity contribution is -0.114. The van der Waals surface area contributed by atoms with E-state index in [4.69, 9.17) is 9.84 Å². The molecule has 2 aromatic carbocycles. The van der Waals surface area contributed by atoms with Gasteiger partial charge in [-0.2, -0.15) is 0 Å². The van der Waals surface area contributed by atoms with Crippen LogP contribution in [0.5, 0.6) is 5.75 Å². The summed E-state index contributed by atoms with van der Waals surface area (Å²) in [6.07, 6.45) is 0. The van der Waals surface area contributed by atoms with Crippen molar-refractivity contribution in [2.24, 2.45) is 0 Å². The van der Waals surface area contributed by atoms with Gasteiger partial charge >= 0.3 is 5.97 Å². The molecule has 0 aliphatic carbocycles. The molecule has 0 saturated heterocycles. The van der Waals surface area contributed by atoms with E-state index in [9.17, 15) is 9.59 Å². The maximum Gasteiger partial charge on any atom is 0.336 e. The summed E-state index contributed by atoms with van der Waals surface area (Å²) in [5, 5.41) is 11.8. The molecule has 2 aromatic rings. The number of aromatic carboxylic acids is 1. The fraction of sp³-hybridized carbons (Fsp3) is 0.125. The van der Waals surface area contributed by atoms with Gasteiger partial charge in [-0.1, -0.05) is 24.3 Å². The Morgan fingerprint density at radius 1 is 1.14 bits per heavy atom. The molecule has 0 atom stereocenters. The molecule has 0 aliphatic heterocycles. The van der Waals surface area contributed by atoms with Crippen molar-refractivity contribution in [1.29, 1.82) is 0 Å². The standard InChI is InChI=1S/C16H15NO4/c1-11(18)17-13-6-4-7-14(9-13)21-10-12-5-2-3-8-15(12)16(19)20/h2-9H,10H2,1H3,(H,17,18)(H,19,20). The molecule has 0 heterocycles. The van der Waals surface area contributed by atoms with Crippen LogP contribution in [-0.4, -0.2) is 17.0 Å². The van der Waals surface area contributed by atoms with E-state index in [-0.39, 0.29) is 18.1 Å². The lowest BCUT2D eigenvalue weighted by Crippen LogP contribution is -2.07. The quantitative estimate of drug-likeness (QED) is 0.885. The van der Waals surface area contributed by atoms with E-state index in [1.54, 1.807) is 42.5 Å². The number of carbonyl (C=O) groups excluding carboxylic acids is 1. The Morgan fingerprint density at radius 3 is 2.62 bits per heavy atom. The van der Waals surface area contributed by atoms with E-state index in [0.717, 1.165) is 0 Å². The van der Waals surface area contributed by atoms with Crippen molar-refractivity contribution in [2.45, 2.75) is 13.5 Å². The fourth-order valence-corrected chi connectivity index (χ4v) is 1.88. The second-order valence-electron chi connectivity index (χ2n) is 4.46. The smallest absolute Gasteiger partial charge is 0.336 e. The number of benzene rings is 2. The Bertz CT molecular complexity index is 667. The number of carboxylic acid groups (broad SMARTS) is 1. The van der Waals surface area contributed by atoms with Crippen molar-refractivity contribution in [3.05, 3.63) is 59.7 Å².